The zero-order chi connectivity index (χ0) is 13.7. The number of rotatable bonds is 6. The number of nitrogens with one attached hydrogen (secondary N) is 1. The van der Waals surface area contributed by atoms with E-state index in [1.54, 1.807) is 6.26 Å². The van der Waals surface area contributed by atoms with Crippen molar-refractivity contribution in [3.8, 4) is 0 Å². The molecule has 19 heavy (non-hydrogen) atoms. The van der Waals surface area contributed by atoms with Crippen molar-refractivity contribution in [2.24, 2.45) is 0 Å². The summed E-state index contributed by atoms with van der Waals surface area (Å²) < 4.78 is 5.54. The molecule has 4 heteroatoms. The van der Waals surface area contributed by atoms with Crippen molar-refractivity contribution in [1.29, 1.82) is 0 Å². The van der Waals surface area contributed by atoms with Gasteiger partial charge >= 0.3 is 0 Å². The van der Waals surface area contributed by atoms with Crippen molar-refractivity contribution in [3.05, 3.63) is 58.5 Å². The molecule has 0 spiro atoms. The lowest BCUT2D eigenvalue weighted by atomic mass is 10.2. The first kappa shape index (κ1) is 14.1. The number of nitrogens with zero attached hydrogens (tertiary/aromatic N) is 1. The highest BCUT2D eigenvalue weighted by Crippen LogP contribution is 2.18. The summed E-state index contributed by atoms with van der Waals surface area (Å²) in [5.41, 5.74) is 2.30. The van der Waals surface area contributed by atoms with E-state index >= 15 is 0 Å². The average molecular weight is 279 g/mol. The molecular weight excluding hydrogens is 260 g/mol. The van der Waals surface area contributed by atoms with Gasteiger partial charge in [0, 0.05) is 23.7 Å². The van der Waals surface area contributed by atoms with Gasteiger partial charge in [-0.05, 0) is 31.8 Å². The average Bonchev–Trinajstić information content (AvgIpc) is 2.80. The highest BCUT2D eigenvalue weighted by molar-refractivity contribution is 6.31. The minimum atomic E-state index is 0.773. The Kier molecular flexibility index (Phi) is 5.02. The Hall–Kier alpha value is -1.29. The Morgan fingerprint density at radius 1 is 1.26 bits per heavy atom. The molecule has 102 valence electrons. The molecule has 0 aliphatic heterocycles. The van der Waals surface area contributed by atoms with E-state index < -0.39 is 0 Å². The van der Waals surface area contributed by atoms with Crippen LogP contribution in [0.4, 0.5) is 0 Å². The lowest BCUT2D eigenvalue weighted by molar-refractivity contribution is 0.288. The highest BCUT2D eigenvalue weighted by atomic mass is 35.5. The fraction of sp³-hybridized carbons (Fsp3) is 0.333. The zero-order valence-corrected chi connectivity index (χ0v) is 12.1. The maximum absolute atomic E-state index is 6.16. The SMILES string of the molecule is CNCc1coc(CN(C)Cc2ccccc2Cl)c1. The van der Waals surface area contributed by atoms with Crippen LogP contribution in [0.2, 0.25) is 5.02 Å². The summed E-state index contributed by atoms with van der Waals surface area (Å²) in [6.07, 6.45) is 1.80. The van der Waals surface area contributed by atoms with Crippen molar-refractivity contribution in [2.45, 2.75) is 19.6 Å². The summed E-state index contributed by atoms with van der Waals surface area (Å²) in [6, 6.07) is 10.0. The van der Waals surface area contributed by atoms with Crippen LogP contribution in [-0.4, -0.2) is 19.0 Å². The van der Waals surface area contributed by atoms with Crippen LogP contribution in [0, 0.1) is 0 Å². The molecule has 0 atom stereocenters. The van der Waals surface area contributed by atoms with E-state index in [9.17, 15) is 0 Å². The number of halogens is 1. The van der Waals surface area contributed by atoms with Gasteiger partial charge in [0.05, 0.1) is 12.8 Å². The Labute approximate surface area is 119 Å². The van der Waals surface area contributed by atoms with E-state index in [2.05, 4.69) is 23.3 Å². The Morgan fingerprint density at radius 3 is 2.79 bits per heavy atom. The Bertz CT molecular complexity index is 524. The van der Waals surface area contributed by atoms with E-state index in [4.69, 9.17) is 16.0 Å². The van der Waals surface area contributed by atoms with Crippen LogP contribution in [-0.2, 0) is 19.6 Å². The van der Waals surface area contributed by atoms with Gasteiger partial charge in [0.25, 0.3) is 0 Å². The predicted octanol–water partition coefficient (Wildman–Crippen LogP) is 3.28. The van der Waals surface area contributed by atoms with E-state index in [1.165, 1.54) is 5.56 Å². The first-order valence-corrected chi connectivity index (χ1v) is 6.69. The summed E-state index contributed by atoms with van der Waals surface area (Å²) in [5, 5.41) is 3.92. The first-order valence-electron chi connectivity index (χ1n) is 6.32. The molecule has 0 bridgehead atoms. The van der Waals surface area contributed by atoms with Gasteiger partial charge in [0.2, 0.25) is 0 Å². The van der Waals surface area contributed by atoms with Gasteiger partial charge in [0.1, 0.15) is 5.76 Å². The molecule has 1 N–H and O–H groups in total. The van der Waals surface area contributed by atoms with Gasteiger partial charge in [-0.2, -0.15) is 0 Å². The second kappa shape index (κ2) is 6.75. The van der Waals surface area contributed by atoms with Crippen molar-refractivity contribution >= 4 is 11.6 Å². The summed E-state index contributed by atoms with van der Waals surface area (Å²) in [7, 11) is 3.99. The van der Waals surface area contributed by atoms with E-state index in [0.717, 1.165) is 36.0 Å². The molecule has 1 heterocycles. The molecule has 0 saturated heterocycles. The Balaban J connectivity index is 1.93. The minimum Gasteiger partial charge on any atom is -0.468 e. The number of benzene rings is 1. The van der Waals surface area contributed by atoms with Crippen molar-refractivity contribution in [3.63, 3.8) is 0 Å². The van der Waals surface area contributed by atoms with Crippen LogP contribution in [0.15, 0.2) is 41.0 Å². The molecule has 3 nitrogen and oxygen atoms in total. The van der Waals surface area contributed by atoms with E-state index in [0.29, 0.717) is 0 Å². The lowest BCUT2D eigenvalue weighted by Crippen LogP contribution is -2.17. The number of furan rings is 1. The van der Waals surface area contributed by atoms with Crippen LogP contribution in [0.5, 0.6) is 0 Å². The van der Waals surface area contributed by atoms with Crippen LogP contribution in [0.25, 0.3) is 0 Å². The fourth-order valence-electron chi connectivity index (χ4n) is 2.05. The molecule has 1 aromatic carbocycles. The van der Waals surface area contributed by atoms with Gasteiger partial charge < -0.3 is 9.73 Å². The van der Waals surface area contributed by atoms with Gasteiger partial charge in [-0.15, -0.1) is 0 Å². The largest absolute Gasteiger partial charge is 0.468 e. The summed E-state index contributed by atoms with van der Waals surface area (Å²) in [6.45, 7) is 2.41. The van der Waals surface area contributed by atoms with Crippen molar-refractivity contribution < 1.29 is 4.42 Å². The molecule has 0 fully saturated rings. The highest BCUT2D eigenvalue weighted by Gasteiger charge is 2.07. The first-order chi connectivity index (χ1) is 9.19. The molecule has 0 saturated carbocycles. The molecule has 0 radical (unpaired) electrons. The topological polar surface area (TPSA) is 28.4 Å². The normalized spacial score (nSPS) is 11.2. The van der Waals surface area contributed by atoms with Gasteiger partial charge in [-0.1, -0.05) is 29.8 Å². The third-order valence-electron chi connectivity index (χ3n) is 2.91. The number of hydrogen-bond acceptors (Lipinski definition) is 3. The van der Waals surface area contributed by atoms with Gasteiger partial charge in [-0.3, -0.25) is 4.90 Å². The van der Waals surface area contributed by atoms with Crippen LogP contribution < -0.4 is 5.32 Å². The third-order valence-corrected chi connectivity index (χ3v) is 3.28. The van der Waals surface area contributed by atoms with Gasteiger partial charge in [0.15, 0.2) is 0 Å². The van der Waals surface area contributed by atoms with Crippen molar-refractivity contribution in [1.82, 2.24) is 10.2 Å². The predicted molar refractivity (Wildman–Crippen MR) is 78.1 cm³/mol. The summed E-state index contributed by atoms with van der Waals surface area (Å²) in [5.74, 6) is 0.972. The minimum absolute atomic E-state index is 0.773. The second-order valence-corrected chi connectivity index (χ2v) is 5.12. The molecule has 0 aliphatic carbocycles. The Morgan fingerprint density at radius 2 is 2.05 bits per heavy atom. The third kappa shape index (κ3) is 4.10. The van der Waals surface area contributed by atoms with Gasteiger partial charge in [-0.25, -0.2) is 0 Å². The molecule has 2 rings (SSSR count). The lowest BCUT2D eigenvalue weighted by Gasteiger charge is -2.15. The quantitative estimate of drug-likeness (QED) is 0.879. The second-order valence-electron chi connectivity index (χ2n) is 4.72. The van der Waals surface area contributed by atoms with E-state index in [-0.39, 0.29) is 0 Å². The summed E-state index contributed by atoms with van der Waals surface area (Å²) in [4.78, 5) is 2.18. The molecule has 1 aromatic heterocycles. The standard InChI is InChI=1S/C15H19ClN2O/c1-17-8-12-7-14(19-11-12)10-18(2)9-13-5-3-4-6-15(13)16/h3-7,11,17H,8-10H2,1-2H3. The van der Waals surface area contributed by atoms with E-state index in [1.807, 2.05) is 31.3 Å². The zero-order valence-electron chi connectivity index (χ0n) is 11.3. The van der Waals surface area contributed by atoms with Crippen LogP contribution in [0.3, 0.4) is 0 Å². The van der Waals surface area contributed by atoms with Crippen LogP contribution in [0.1, 0.15) is 16.9 Å². The summed E-state index contributed by atoms with van der Waals surface area (Å²) >= 11 is 6.16. The monoisotopic (exact) mass is 278 g/mol. The maximum atomic E-state index is 6.16. The smallest absolute Gasteiger partial charge is 0.118 e. The molecule has 0 unspecified atom stereocenters. The maximum Gasteiger partial charge on any atom is 0.118 e. The van der Waals surface area contributed by atoms with Crippen LogP contribution >= 0.6 is 11.6 Å². The molecule has 2 aromatic rings. The molecular formula is C15H19ClN2O. The molecule has 0 aliphatic rings. The van der Waals surface area contributed by atoms with Crippen molar-refractivity contribution in [2.75, 3.05) is 14.1 Å². The fourth-order valence-corrected chi connectivity index (χ4v) is 2.24. The number of hydrogen-bond donors (Lipinski definition) is 1. The molecule has 0 amide bonds.